The molecule has 0 N–H and O–H groups in total. The first-order valence-electron chi connectivity index (χ1n) is 6.65. The fraction of sp³-hybridized carbons (Fsp3) is 0.429. The second kappa shape index (κ2) is 6.13. The summed E-state index contributed by atoms with van der Waals surface area (Å²) in [6, 6.07) is 0. The van der Waals surface area contributed by atoms with E-state index in [1.54, 1.807) is 0 Å². The van der Waals surface area contributed by atoms with E-state index in [0.717, 1.165) is 23.7 Å². The molecule has 0 saturated carbocycles. The van der Waals surface area contributed by atoms with Crippen LogP contribution in [0.4, 0.5) is 16.9 Å². The Bertz CT molecular complexity index is 415. The monoisotopic (exact) mass is 522 g/mol. The van der Waals surface area contributed by atoms with Gasteiger partial charge in [0.05, 0.1) is 0 Å². The van der Waals surface area contributed by atoms with Crippen LogP contribution in [0.3, 0.4) is 0 Å². The molecule has 0 nitrogen and oxygen atoms in total. The molecular formula is C14H16F6RhSb-. The van der Waals surface area contributed by atoms with Crippen molar-refractivity contribution < 1.29 is 36.4 Å². The minimum absolute atomic E-state index is 0. The summed E-state index contributed by atoms with van der Waals surface area (Å²) < 4.78 is 59.6. The Balaban J connectivity index is 0.000000161. The van der Waals surface area contributed by atoms with Crippen LogP contribution in [0.1, 0.15) is 12.8 Å². The zero-order valence-corrected chi connectivity index (χ0v) is 15.6. The molecule has 0 aliphatic heterocycles. The van der Waals surface area contributed by atoms with Gasteiger partial charge in [0.1, 0.15) is 0 Å². The van der Waals surface area contributed by atoms with E-state index in [9.17, 15) is 16.9 Å². The summed E-state index contributed by atoms with van der Waals surface area (Å²) in [5, 5.41) is 0. The maximum Gasteiger partial charge on any atom is 0 e. The molecule has 129 valence electrons. The molecule has 0 aromatic carbocycles. The molecule has 1 radical (unpaired) electrons. The third-order valence-corrected chi connectivity index (χ3v) is 3.51. The molecule has 4 aliphatic rings. The molecule has 4 bridgehead atoms. The predicted octanol–water partition coefficient (Wildman–Crippen LogP) is 5.63. The van der Waals surface area contributed by atoms with Gasteiger partial charge in [-0.2, -0.15) is 0 Å². The zero-order chi connectivity index (χ0) is 15.8. The summed E-state index contributed by atoms with van der Waals surface area (Å²) in [4.78, 5) is 0. The molecule has 0 aromatic rings. The van der Waals surface area contributed by atoms with Gasteiger partial charge in [0.2, 0.25) is 0 Å². The SMILES string of the molecule is C1=CC2C=CC1C2.C1=CC2C=CC1C2.[F][Sb-]([F])([F])([F])([F])[F].[Rh]. The minimum Gasteiger partial charge on any atom is 0 e. The number of hydrogen-bond acceptors (Lipinski definition) is 0. The topological polar surface area (TPSA) is 0 Å². The second-order valence-electron chi connectivity index (χ2n) is 5.62. The van der Waals surface area contributed by atoms with Gasteiger partial charge in [-0.15, -0.1) is 0 Å². The molecule has 4 rings (SSSR count). The van der Waals surface area contributed by atoms with Gasteiger partial charge in [0.25, 0.3) is 0 Å². The van der Waals surface area contributed by atoms with E-state index in [-0.39, 0.29) is 19.5 Å². The van der Waals surface area contributed by atoms with Crippen molar-refractivity contribution in [1.29, 1.82) is 0 Å². The maximum absolute atomic E-state index is 11.2. The van der Waals surface area contributed by atoms with Gasteiger partial charge in [0, 0.05) is 19.5 Å². The van der Waals surface area contributed by atoms with E-state index in [0.29, 0.717) is 0 Å². The molecule has 4 aliphatic carbocycles. The van der Waals surface area contributed by atoms with E-state index >= 15 is 0 Å². The number of rotatable bonds is 0. The number of fused-ring (bicyclic) bond motifs is 4. The van der Waals surface area contributed by atoms with Crippen molar-refractivity contribution in [2.45, 2.75) is 12.8 Å². The predicted molar refractivity (Wildman–Crippen MR) is 72.2 cm³/mol. The van der Waals surface area contributed by atoms with Gasteiger partial charge in [-0.3, -0.25) is 0 Å². The smallest absolute Gasteiger partial charge is 0 e. The van der Waals surface area contributed by atoms with Crippen LogP contribution in [0.15, 0.2) is 48.6 Å². The van der Waals surface area contributed by atoms with Crippen molar-refractivity contribution >= 4 is 19.5 Å². The van der Waals surface area contributed by atoms with Gasteiger partial charge in [-0.1, -0.05) is 48.6 Å². The molecule has 0 saturated heterocycles. The standard InChI is InChI=1S/2C7H8.6FH.Rh.Sb/c2*1-2-7-4-3-6(1)5-7;;;;;;;;/h2*1-4,6-7H,5H2;6*1H;;/q;;;;;;;;;+5/p-6. The van der Waals surface area contributed by atoms with E-state index in [2.05, 4.69) is 48.6 Å². The van der Waals surface area contributed by atoms with E-state index in [1.807, 2.05) is 0 Å². The molecule has 0 amide bonds. The summed E-state index contributed by atoms with van der Waals surface area (Å²) in [5.74, 6) is 3.24. The minimum atomic E-state index is -11.2. The third-order valence-electron chi connectivity index (χ3n) is 3.51. The molecule has 22 heavy (non-hydrogen) atoms. The van der Waals surface area contributed by atoms with Gasteiger partial charge in [-0.05, 0) is 36.5 Å². The molecular weight excluding hydrogens is 507 g/mol. The van der Waals surface area contributed by atoms with Crippen molar-refractivity contribution in [3.8, 4) is 0 Å². The third kappa shape index (κ3) is 9.19. The van der Waals surface area contributed by atoms with E-state index in [1.165, 1.54) is 12.8 Å². The summed E-state index contributed by atoms with van der Waals surface area (Å²) in [7, 11) is 0. The average molecular weight is 523 g/mol. The summed E-state index contributed by atoms with van der Waals surface area (Å²) in [5.41, 5.74) is 0. The number of allylic oxidation sites excluding steroid dienone is 8. The van der Waals surface area contributed by atoms with Crippen molar-refractivity contribution in [3.05, 3.63) is 48.6 Å². The molecule has 0 atom stereocenters. The van der Waals surface area contributed by atoms with Gasteiger partial charge >= 0.3 is 36.4 Å². The van der Waals surface area contributed by atoms with E-state index in [4.69, 9.17) is 0 Å². The van der Waals surface area contributed by atoms with Gasteiger partial charge in [-0.25, -0.2) is 0 Å². The fourth-order valence-electron chi connectivity index (χ4n) is 2.66. The Kier molecular flexibility index (Phi) is 5.58. The Morgan fingerprint density at radius 2 is 0.636 bits per heavy atom. The van der Waals surface area contributed by atoms with Crippen LogP contribution < -0.4 is 0 Å². The molecule has 0 heterocycles. The van der Waals surface area contributed by atoms with Crippen molar-refractivity contribution in [2.24, 2.45) is 23.7 Å². The number of halogens is 6. The van der Waals surface area contributed by atoms with Crippen LogP contribution in [0, 0.1) is 23.7 Å². The zero-order valence-electron chi connectivity index (χ0n) is 11.4. The van der Waals surface area contributed by atoms with Gasteiger partial charge < -0.3 is 0 Å². The Labute approximate surface area is 140 Å². The van der Waals surface area contributed by atoms with Crippen LogP contribution in [-0.2, 0) is 19.5 Å². The second-order valence-corrected chi connectivity index (χ2v) is 11.1. The van der Waals surface area contributed by atoms with E-state index < -0.39 is 19.5 Å². The largest absolute Gasteiger partial charge is 0 e. The Hall–Kier alpha value is -0.0184. The quantitative estimate of drug-likeness (QED) is 0.220. The molecule has 8 heteroatoms. The number of hydrogen-bond donors (Lipinski definition) is 0. The summed E-state index contributed by atoms with van der Waals surface area (Å²) >= 11 is -11.2. The first kappa shape index (κ1) is 20.0. The summed E-state index contributed by atoms with van der Waals surface area (Å²) in [6.45, 7) is 0. The first-order chi connectivity index (χ1) is 9.35. The van der Waals surface area contributed by atoms with Crippen molar-refractivity contribution in [1.82, 2.24) is 0 Å². The fourth-order valence-corrected chi connectivity index (χ4v) is 2.66. The van der Waals surface area contributed by atoms with Crippen LogP contribution in [0.5, 0.6) is 0 Å². The molecule has 0 unspecified atom stereocenters. The Morgan fingerprint density at radius 3 is 0.682 bits per heavy atom. The van der Waals surface area contributed by atoms with Gasteiger partial charge in [0.15, 0.2) is 0 Å². The van der Waals surface area contributed by atoms with Crippen molar-refractivity contribution in [3.63, 3.8) is 0 Å². The average Bonchev–Trinajstić information content (AvgIpc) is 3.08. The first-order valence-corrected chi connectivity index (χ1v) is 12.4. The van der Waals surface area contributed by atoms with Crippen molar-refractivity contribution in [2.75, 3.05) is 0 Å². The Morgan fingerprint density at radius 1 is 0.500 bits per heavy atom. The van der Waals surface area contributed by atoms with Crippen LogP contribution in [0.2, 0.25) is 0 Å². The normalized spacial score (nSPS) is 35.0. The van der Waals surface area contributed by atoms with Crippen LogP contribution in [0.25, 0.3) is 0 Å². The molecule has 0 aromatic heterocycles. The summed E-state index contributed by atoms with van der Waals surface area (Å²) in [6.07, 6.45) is 21.1. The maximum atomic E-state index is 9.93. The van der Waals surface area contributed by atoms with Crippen LogP contribution >= 0.6 is 0 Å². The molecule has 0 spiro atoms. The van der Waals surface area contributed by atoms with Crippen LogP contribution in [-0.4, -0.2) is 19.5 Å². The molecule has 0 fully saturated rings.